The molecule has 5 nitrogen and oxygen atoms in total. The summed E-state index contributed by atoms with van der Waals surface area (Å²) in [7, 11) is 0. The minimum atomic E-state index is -0.367. The molecule has 3 atom stereocenters. The molecule has 2 saturated heterocycles. The Balaban J connectivity index is 1.55. The number of aryl methyl sites for hydroxylation is 1. The molecule has 1 unspecified atom stereocenters. The number of carbonyl (C=O) groups is 2. The van der Waals surface area contributed by atoms with Crippen molar-refractivity contribution in [2.24, 2.45) is 5.92 Å². The Labute approximate surface area is 242 Å². The molecule has 0 radical (unpaired) electrons. The molecule has 2 aliphatic rings. The molecule has 8 heteroatoms. The molecule has 2 aromatic carbocycles. The minimum Gasteiger partial charge on any atom is -0.350 e. The van der Waals surface area contributed by atoms with Crippen molar-refractivity contribution in [3.05, 3.63) is 69.2 Å². The number of rotatable bonds is 6. The number of nitrogens with zero attached hydrogens (tertiary/aromatic N) is 2. The Morgan fingerprint density at radius 3 is 2.30 bits per heavy atom. The van der Waals surface area contributed by atoms with E-state index in [9.17, 15) is 14.0 Å². The number of benzene rings is 2. The molecular weight excluding hydrogens is 532 g/mol. The van der Waals surface area contributed by atoms with Crippen molar-refractivity contribution in [2.45, 2.75) is 84.2 Å². The minimum absolute atomic E-state index is 0.0599. The number of hydrogen-bond acceptors (Lipinski definition) is 3. The Morgan fingerprint density at radius 2 is 1.73 bits per heavy atom. The summed E-state index contributed by atoms with van der Waals surface area (Å²) < 4.78 is 29.7. The third-order valence-electron chi connectivity index (χ3n) is 8.72. The lowest BCUT2D eigenvalue weighted by Crippen LogP contribution is -2.44. The van der Waals surface area contributed by atoms with Crippen LogP contribution in [0, 0.1) is 24.5 Å². The lowest BCUT2D eigenvalue weighted by atomic mass is 9.82. The van der Waals surface area contributed by atoms with Crippen LogP contribution in [0.3, 0.4) is 0 Å². The van der Waals surface area contributed by atoms with Gasteiger partial charge >= 0.3 is 0 Å². The number of piperidine rings is 1. The first-order valence-corrected chi connectivity index (χ1v) is 14.7. The summed E-state index contributed by atoms with van der Waals surface area (Å²) >= 11 is 6.03. The van der Waals surface area contributed by atoms with Crippen molar-refractivity contribution < 1.29 is 18.4 Å². The molecule has 0 saturated carbocycles. The molecular formula is C32H42ClF2N3O2. The van der Waals surface area contributed by atoms with E-state index in [1.807, 2.05) is 17.9 Å². The lowest BCUT2D eigenvalue weighted by molar-refractivity contribution is -0.136. The van der Waals surface area contributed by atoms with Gasteiger partial charge in [0.15, 0.2) is 0 Å². The molecule has 0 aliphatic carbocycles. The highest BCUT2D eigenvalue weighted by Gasteiger charge is 2.44. The van der Waals surface area contributed by atoms with E-state index in [0.717, 1.165) is 24.0 Å². The monoisotopic (exact) mass is 573 g/mol. The van der Waals surface area contributed by atoms with Gasteiger partial charge < -0.3 is 10.2 Å². The van der Waals surface area contributed by atoms with E-state index in [1.165, 1.54) is 13.0 Å². The van der Waals surface area contributed by atoms with Gasteiger partial charge in [-0.25, -0.2) is 8.78 Å². The topological polar surface area (TPSA) is 52.7 Å². The molecule has 0 aromatic heterocycles. The van der Waals surface area contributed by atoms with Crippen molar-refractivity contribution in [2.75, 3.05) is 26.2 Å². The smallest absolute Gasteiger partial charge is 0.227 e. The number of nitrogens with one attached hydrogen (secondary N) is 1. The van der Waals surface area contributed by atoms with Crippen LogP contribution in [-0.4, -0.2) is 53.3 Å². The number of hydrogen-bond donors (Lipinski definition) is 1. The highest BCUT2D eigenvalue weighted by atomic mass is 35.5. The van der Waals surface area contributed by atoms with Crippen LogP contribution in [0.25, 0.3) is 0 Å². The molecule has 2 aromatic rings. The van der Waals surface area contributed by atoms with Gasteiger partial charge in [-0.1, -0.05) is 30.7 Å². The van der Waals surface area contributed by atoms with Gasteiger partial charge in [-0.15, -0.1) is 0 Å². The number of halogens is 3. The summed E-state index contributed by atoms with van der Waals surface area (Å²) in [5.41, 5.74) is 2.84. The number of amides is 2. The maximum atomic E-state index is 15.0. The maximum Gasteiger partial charge on any atom is 0.227 e. The Bertz CT molecular complexity index is 1250. The Morgan fingerprint density at radius 1 is 1.05 bits per heavy atom. The van der Waals surface area contributed by atoms with E-state index in [1.54, 1.807) is 25.1 Å². The average Bonchev–Trinajstić information content (AvgIpc) is 3.34. The summed E-state index contributed by atoms with van der Waals surface area (Å²) in [4.78, 5) is 30.0. The van der Waals surface area contributed by atoms with Gasteiger partial charge in [0, 0.05) is 49.6 Å². The predicted octanol–water partition coefficient (Wildman–Crippen LogP) is 6.73. The van der Waals surface area contributed by atoms with E-state index in [4.69, 9.17) is 11.6 Å². The molecule has 218 valence electrons. The summed E-state index contributed by atoms with van der Waals surface area (Å²) in [6, 6.07) is 7.96. The van der Waals surface area contributed by atoms with Crippen LogP contribution >= 0.6 is 11.6 Å². The van der Waals surface area contributed by atoms with Gasteiger partial charge in [0.25, 0.3) is 0 Å². The molecule has 0 spiro atoms. The highest BCUT2D eigenvalue weighted by Crippen LogP contribution is 2.41. The maximum absolute atomic E-state index is 15.0. The first kappa shape index (κ1) is 30.4. The third kappa shape index (κ3) is 6.52. The van der Waals surface area contributed by atoms with Crippen LogP contribution in [-0.2, 0) is 9.59 Å². The second kappa shape index (κ2) is 12.2. The van der Waals surface area contributed by atoms with Crippen LogP contribution in [0.15, 0.2) is 30.3 Å². The van der Waals surface area contributed by atoms with Crippen molar-refractivity contribution >= 4 is 23.4 Å². The van der Waals surface area contributed by atoms with Gasteiger partial charge in [0.1, 0.15) is 11.6 Å². The Kier molecular flexibility index (Phi) is 9.25. The summed E-state index contributed by atoms with van der Waals surface area (Å²) in [5, 5.41) is 3.31. The van der Waals surface area contributed by atoms with Gasteiger partial charge in [-0.2, -0.15) is 0 Å². The fourth-order valence-corrected chi connectivity index (χ4v) is 6.54. The molecule has 1 N–H and O–H groups in total. The SMILES string of the molecule is CC[C@H](NC(C)=O)c1cc(F)c(C)cc1C1CCN(C(=O)C2CN(C(C)(C)C)C[C@H]2c2ccc(Cl)cc2F)CC1. The van der Waals surface area contributed by atoms with E-state index in [0.29, 0.717) is 48.7 Å². The average molecular weight is 574 g/mol. The largest absolute Gasteiger partial charge is 0.350 e. The van der Waals surface area contributed by atoms with Crippen LogP contribution in [0.5, 0.6) is 0 Å². The highest BCUT2D eigenvalue weighted by molar-refractivity contribution is 6.30. The molecule has 2 aliphatic heterocycles. The summed E-state index contributed by atoms with van der Waals surface area (Å²) in [6.45, 7) is 13.9. The van der Waals surface area contributed by atoms with Crippen LogP contribution in [0.2, 0.25) is 5.02 Å². The zero-order valence-electron chi connectivity index (χ0n) is 24.5. The number of carbonyl (C=O) groups excluding carboxylic acids is 2. The fourth-order valence-electron chi connectivity index (χ4n) is 6.38. The lowest BCUT2D eigenvalue weighted by Gasteiger charge is -2.36. The van der Waals surface area contributed by atoms with E-state index in [-0.39, 0.29) is 52.8 Å². The molecule has 4 rings (SSSR count). The quantitative estimate of drug-likeness (QED) is 0.417. The van der Waals surface area contributed by atoms with Crippen molar-refractivity contribution in [3.8, 4) is 0 Å². The molecule has 40 heavy (non-hydrogen) atoms. The molecule has 2 fully saturated rings. The zero-order chi connectivity index (χ0) is 29.4. The molecule has 2 amide bonds. The summed E-state index contributed by atoms with van der Waals surface area (Å²) in [6.07, 6.45) is 2.15. The first-order valence-electron chi connectivity index (χ1n) is 14.4. The van der Waals surface area contributed by atoms with Crippen molar-refractivity contribution in [3.63, 3.8) is 0 Å². The third-order valence-corrected chi connectivity index (χ3v) is 8.95. The van der Waals surface area contributed by atoms with Gasteiger partial charge in [-0.3, -0.25) is 14.5 Å². The van der Waals surface area contributed by atoms with Crippen molar-refractivity contribution in [1.82, 2.24) is 15.1 Å². The van der Waals surface area contributed by atoms with E-state index >= 15 is 4.39 Å². The van der Waals surface area contributed by atoms with Gasteiger partial charge in [-0.05, 0) is 93.3 Å². The zero-order valence-corrected chi connectivity index (χ0v) is 25.2. The van der Waals surface area contributed by atoms with E-state index in [2.05, 4.69) is 31.0 Å². The van der Waals surface area contributed by atoms with Crippen molar-refractivity contribution in [1.29, 1.82) is 0 Å². The standard InChI is InChI=1S/C32H42ClF2N3O2/c1-7-30(36-20(3)39)25-16-28(34)19(2)14-24(25)21-10-12-37(13-11-21)31(40)27-18-38(32(4,5)6)17-26(27)23-9-8-22(33)15-29(23)35/h8-9,14-16,21,26-27,30H,7,10-13,17-18H2,1-6H3,(H,36,39)/t26-,27?,30-/m0/s1. The van der Waals surface area contributed by atoms with Crippen LogP contribution in [0.1, 0.15) is 94.0 Å². The first-order chi connectivity index (χ1) is 18.8. The second-order valence-electron chi connectivity index (χ2n) is 12.4. The molecule has 0 bridgehead atoms. The predicted molar refractivity (Wildman–Crippen MR) is 156 cm³/mol. The summed E-state index contributed by atoms with van der Waals surface area (Å²) in [5.74, 6) is -1.18. The van der Waals surface area contributed by atoms with Gasteiger partial charge in [0.2, 0.25) is 11.8 Å². The second-order valence-corrected chi connectivity index (χ2v) is 12.9. The van der Waals surface area contributed by atoms with Crippen LogP contribution < -0.4 is 5.32 Å². The molecule has 2 heterocycles. The van der Waals surface area contributed by atoms with Gasteiger partial charge in [0.05, 0.1) is 12.0 Å². The number of likely N-dealkylation sites (tertiary alicyclic amines) is 2. The van der Waals surface area contributed by atoms with Crippen LogP contribution in [0.4, 0.5) is 8.78 Å². The fraction of sp³-hybridized carbons (Fsp3) is 0.562. The van der Waals surface area contributed by atoms with E-state index < -0.39 is 0 Å². The normalized spacial score (nSPS) is 21.5. The Hall–Kier alpha value is -2.51.